The first kappa shape index (κ1) is 11.5. The van der Waals surface area contributed by atoms with Crippen LogP contribution >= 0.6 is 11.6 Å². The normalized spacial score (nSPS) is 23.6. The highest BCUT2D eigenvalue weighted by atomic mass is 35.5. The van der Waals surface area contributed by atoms with E-state index in [9.17, 15) is 0 Å². The van der Waals surface area contributed by atoms with Crippen LogP contribution in [0.4, 0.5) is 0 Å². The third kappa shape index (κ3) is 2.65. The minimum absolute atomic E-state index is 0.593. The highest BCUT2D eigenvalue weighted by Crippen LogP contribution is 2.44. The van der Waals surface area contributed by atoms with Gasteiger partial charge in [0.25, 0.3) is 0 Å². The van der Waals surface area contributed by atoms with Gasteiger partial charge in [0, 0.05) is 37.2 Å². The number of benzene rings is 1. The summed E-state index contributed by atoms with van der Waals surface area (Å²) in [6.07, 6.45) is 2.75. The molecule has 1 aliphatic carbocycles. The van der Waals surface area contributed by atoms with Crippen molar-refractivity contribution in [1.82, 2.24) is 10.2 Å². The number of nitrogens with zero attached hydrogens (tertiary/aromatic N) is 1. The van der Waals surface area contributed by atoms with E-state index in [-0.39, 0.29) is 0 Å². The van der Waals surface area contributed by atoms with Crippen LogP contribution in [0.5, 0.6) is 0 Å². The number of piperazine rings is 1. The molecule has 1 atom stereocenters. The Balaban J connectivity index is 1.83. The average molecular weight is 251 g/mol. The number of hydrogen-bond acceptors (Lipinski definition) is 2. The first-order valence-electron chi connectivity index (χ1n) is 6.55. The number of hydrogen-bond donors (Lipinski definition) is 1. The van der Waals surface area contributed by atoms with Gasteiger partial charge in [-0.05, 0) is 36.5 Å². The van der Waals surface area contributed by atoms with Gasteiger partial charge in [0.1, 0.15) is 0 Å². The summed E-state index contributed by atoms with van der Waals surface area (Å²) < 4.78 is 0. The lowest BCUT2D eigenvalue weighted by Gasteiger charge is -2.35. The van der Waals surface area contributed by atoms with E-state index in [1.807, 2.05) is 6.07 Å². The fourth-order valence-electron chi connectivity index (χ4n) is 2.84. The van der Waals surface area contributed by atoms with Crippen molar-refractivity contribution >= 4 is 11.6 Å². The zero-order valence-corrected chi connectivity index (χ0v) is 10.8. The Hall–Kier alpha value is -0.570. The quantitative estimate of drug-likeness (QED) is 0.888. The molecule has 1 saturated heterocycles. The molecule has 0 bridgehead atoms. The van der Waals surface area contributed by atoms with E-state index in [4.69, 9.17) is 11.6 Å². The summed E-state index contributed by atoms with van der Waals surface area (Å²) in [5, 5.41) is 4.29. The summed E-state index contributed by atoms with van der Waals surface area (Å²) in [5.41, 5.74) is 1.40. The van der Waals surface area contributed by atoms with Crippen molar-refractivity contribution in [3.8, 4) is 0 Å². The lowest BCUT2D eigenvalue weighted by molar-refractivity contribution is 0.156. The van der Waals surface area contributed by atoms with Crippen LogP contribution in [0.15, 0.2) is 24.3 Å². The molecule has 1 aliphatic heterocycles. The van der Waals surface area contributed by atoms with E-state index >= 15 is 0 Å². The Labute approximate surface area is 108 Å². The molecule has 17 heavy (non-hydrogen) atoms. The molecule has 92 valence electrons. The van der Waals surface area contributed by atoms with Crippen LogP contribution in [-0.4, -0.2) is 31.1 Å². The monoisotopic (exact) mass is 250 g/mol. The summed E-state index contributed by atoms with van der Waals surface area (Å²) >= 11 is 6.12. The van der Waals surface area contributed by atoms with Gasteiger partial charge in [-0.1, -0.05) is 23.7 Å². The molecular weight excluding hydrogens is 232 g/mol. The molecule has 1 aromatic rings. The zero-order chi connectivity index (χ0) is 11.7. The smallest absolute Gasteiger partial charge is 0.0409 e. The molecule has 1 aromatic carbocycles. The fourth-order valence-corrected chi connectivity index (χ4v) is 3.04. The van der Waals surface area contributed by atoms with E-state index in [1.165, 1.54) is 18.4 Å². The van der Waals surface area contributed by atoms with Gasteiger partial charge in [-0.25, -0.2) is 0 Å². The van der Waals surface area contributed by atoms with E-state index in [2.05, 4.69) is 28.4 Å². The zero-order valence-electron chi connectivity index (χ0n) is 10.0. The SMILES string of the molecule is Clc1cccc([C@@H](C2CC2)N2CCNCC2)c1. The van der Waals surface area contributed by atoms with E-state index in [1.54, 1.807) is 0 Å². The van der Waals surface area contributed by atoms with Crippen molar-refractivity contribution in [3.05, 3.63) is 34.9 Å². The number of halogens is 1. The fraction of sp³-hybridized carbons (Fsp3) is 0.571. The lowest BCUT2D eigenvalue weighted by atomic mass is 10.00. The highest BCUT2D eigenvalue weighted by Gasteiger charge is 2.36. The van der Waals surface area contributed by atoms with Crippen molar-refractivity contribution in [2.24, 2.45) is 5.92 Å². The van der Waals surface area contributed by atoms with Crippen molar-refractivity contribution in [2.45, 2.75) is 18.9 Å². The Bertz CT molecular complexity index is 384. The predicted molar refractivity (Wildman–Crippen MR) is 71.4 cm³/mol. The molecular formula is C14H19ClN2. The van der Waals surface area contributed by atoms with Gasteiger partial charge in [-0.3, -0.25) is 4.90 Å². The minimum atomic E-state index is 0.593. The largest absolute Gasteiger partial charge is 0.314 e. The van der Waals surface area contributed by atoms with Gasteiger partial charge in [-0.15, -0.1) is 0 Å². The molecule has 0 unspecified atom stereocenters. The van der Waals surface area contributed by atoms with Crippen LogP contribution < -0.4 is 5.32 Å². The second-order valence-electron chi connectivity index (χ2n) is 5.12. The van der Waals surface area contributed by atoms with E-state index < -0.39 is 0 Å². The van der Waals surface area contributed by atoms with Gasteiger partial charge in [-0.2, -0.15) is 0 Å². The van der Waals surface area contributed by atoms with Crippen molar-refractivity contribution in [2.75, 3.05) is 26.2 Å². The molecule has 1 saturated carbocycles. The first-order valence-corrected chi connectivity index (χ1v) is 6.92. The van der Waals surface area contributed by atoms with Crippen LogP contribution in [0.1, 0.15) is 24.4 Å². The second-order valence-corrected chi connectivity index (χ2v) is 5.56. The van der Waals surface area contributed by atoms with Gasteiger partial charge in [0.2, 0.25) is 0 Å². The third-order valence-corrected chi connectivity index (χ3v) is 4.04. The summed E-state index contributed by atoms with van der Waals surface area (Å²) in [6, 6.07) is 9.02. The Kier molecular flexibility index (Phi) is 3.37. The maximum Gasteiger partial charge on any atom is 0.0409 e. The molecule has 0 spiro atoms. The molecule has 2 nitrogen and oxygen atoms in total. The second kappa shape index (κ2) is 4.97. The van der Waals surface area contributed by atoms with Crippen molar-refractivity contribution in [1.29, 1.82) is 0 Å². The summed E-state index contributed by atoms with van der Waals surface area (Å²) in [5.74, 6) is 0.853. The van der Waals surface area contributed by atoms with Gasteiger partial charge in [0.05, 0.1) is 0 Å². The molecule has 0 aromatic heterocycles. The molecule has 0 radical (unpaired) electrons. The molecule has 1 heterocycles. The Morgan fingerprint density at radius 2 is 2.00 bits per heavy atom. The molecule has 0 amide bonds. The van der Waals surface area contributed by atoms with Crippen LogP contribution in [-0.2, 0) is 0 Å². The standard InChI is InChI=1S/C14H19ClN2/c15-13-3-1-2-12(10-13)14(11-4-5-11)17-8-6-16-7-9-17/h1-3,10-11,14,16H,4-9H2/t14-/m1/s1. The van der Waals surface area contributed by atoms with Crippen molar-refractivity contribution < 1.29 is 0 Å². The summed E-state index contributed by atoms with van der Waals surface area (Å²) in [6.45, 7) is 4.55. The Morgan fingerprint density at radius 1 is 1.24 bits per heavy atom. The molecule has 3 rings (SSSR count). The van der Waals surface area contributed by atoms with E-state index in [0.29, 0.717) is 6.04 Å². The molecule has 2 fully saturated rings. The summed E-state index contributed by atoms with van der Waals surface area (Å²) in [4.78, 5) is 2.62. The predicted octanol–water partition coefficient (Wildman–Crippen LogP) is 2.70. The van der Waals surface area contributed by atoms with Crippen LogP contribution in [0, 0.1) is 5.92 Å². The Morgan fingerprint density at radius 3 is 2.65 bits per heavy atom. The third-order valence-electron chi connectivity index (χ3n) is 3.80. The number of nitrogens with one attached hydrogen (secondary N) is 1. The molecule has 2 aliphatic rings. The molecule has 1 N–H and O–H groups in total. The summed E-state index contributed by atoms with van der Waals surface area (Å²) in [7, 11) is 0. The highest BCUT2D eigenvalue weighted by molar-refractivity contribution is 6.30. The lowest BCUT2D eigenvalue weighted by Crippen LogP contribution is -2.45. The van der Waals surface area contributed by atoms with Crippen LogP contribution in [0.2, 0.25) is 5.02 Å². The van der Waals surface area contributed by atoms with Gasteiger partial charge in [0.15, 0.2) is 0 Å². The number of rotatable bonds is 3. The van der Waals surface area contributed by atoms with E-state index in [0.717, 1.165) is 37.1 Å². The molecule has 3 heteroatoms. The van der Waals surface area contributed by atoms with Gasteiger partial charge >= 0.3 is 0 Å². The van der Waals surface area contributed by atoms with Gasteiger partial charge < -0.3 is 5.32 Å². The van der Waals surface area contributed by atoms with Crippen molar-refractivity contribution in [3.63, 3.8) is 0 Å². The maximum atomic E-state index is 6.12. The van der Waals surface area contributed by atoms with Crippen LogP contribution in [0.3, 0.4) is 0 Å². The topological polar surface area (TPSA) is 15.3 Å². The van der Waals surface area contributed by atoms with Crippen LogP contribution in [0.25, 0.3) is 0 Å². The minimum Gasteiger partial charge on any atom is -0.314 e. The maximum absolute atomic E-state index is 6.12. The average Bonchev–Trinajstić information content (AvgIpc) is 3.15. The first-order chi connectivity index (χ1) is 8.34.